The molecular formula is C22H23F2N3O2. The average Bonchev–Trinajstić information content (AvgIpc) is 2.74. The van der Waals surface area contributed by atoms with E-state index in [1.165, 1.54) is 18.3 Å². The van der Waals surface area contributed by atoms with Crippen LogP contribution in [0.1, 0.15) is 12.6 Å². The molecule has 3 aromatic rings. The fraction of sp³-hybridized carbons (Fsp3) is 0.273. The molecular weight excluding hydrogens is 376 g/mol. The van der Waals surface area contributed by atoms with E-state index in [1.807, 2.05) is 37.3 Å². The Morgan fingerprint density at radius 3 is 2.45 bits per heavy atom. The molecule has 0 amide bonds. The molecule has 0 spiro atoms. The van der Waals surface area contributed by atoms with Crippen LogP contribution < -0.4 is 9.47 Å². The number of nitrogens with zero attached hydrogens (tertiary/aromatic N) is 3. The number of pyridine rings is 2. The van der Waals surface area contributed by atoms with Gasteiger partial charge in [0.2, 0.25) is 5.88 Å². The summed E-state index contributed by atoms with van der Waals surface area (Å²) in [4.78, 5) is 9.74. The number of benzene rings is 1. The van der Waals surface area contributed by atoms with Crippen molar-refractivity contribution >= 4 is 0 Å². The molecule has 0 fully saturated rings. The van der Waals surface area contributed by atoms with Crippen LogP contribution in [0.3, 0.4) is 0 Å². The first-order chi connectivity index (χ1) is 13.9. The van der Waals surface area contributed by atoms with Crippen molar-refractivity contribution in [3.63, 3.8) is 0 Å². The van der Waals surface area contributed by atoms with Crippen LogP contribution in [-0.2, 0) is 5.92 Å². The second-order valence-corrected chi connectivity index (χ2v) is 6.57. The van der Waals surface area contributed by atoms with Gasteiger partial charge in [-0.05, 0) is 43.9 Å². The van der Waals surface area contributed by atoms with E-state index in [0.717, 1.165) is 11.1 Å². The van der Waals surface area contributed by atoms with Crippen molar-refractivity contribution in [3.8, 4) is 28.5 Å². The summed E-state index contributed by atoms with van der Waals surface area (Å²) >= 11 is 0. The fourth-order valence-electron chi connectivity index (χ4n) is 2.84. The molecule has 3 rings (SSSR count). The fourth-order valence-corrected chi connectivity index (χ4v) is 2.84. The van der Waals surface area contributed by atoms with E-state index in [4.69, 9.17) is 9.47 Å². The molecule has 0 aliphatic rings. The maximum absolute atomic E-state index is 14.3. The SMILES string of the molecule is CCN(C)CC(F)(F)c1ccc(Oc2ncccc2-c2ccccc2OC)cn1. The van der Waals surface area contributed by atoms with E-state index in [9.17, 15) is 8.78 Å². The van der Waals surface area contributed by atoms with Gasteiger partial charge in [0.25, 0.3) is 0 Å². The lowest BCUT2D eigenvalue weighted by Gasteiger charge is -2.22. The zero-order valence-electron chi connectivity index (χ0n) is 16.6. The zero-order valence-corrected chi connectivity index (χ0v) is 16.6. The Balaban J connectivity index is 1.85. The molecule has 0 bridgehead atoms. The highest BCUT2D eigenvalue weighted by Gasteiger charge is 2.34. The van der Waals surface area contributed by atoms with Gasteiger partial charge in [0.05, 0.1) is 19.9 Å². The largest absolute Gasteiger partial charge is 0.496 e. The second kappa shape index (κ2) is 8.96. The molecule has 0 aliphatic carbocycles. The van der Waals surface area contributed by atoms with Crippen molar-refractivity contribution in [1.29, 1.82) is 0 Å². The summed E-state index contributed by atoms with van der Waals surface area (Å²) in [5.74, 6) is -1.71. The lowest BCUT2D eigenvalue weighted by Crippen LogP contribution is -2.33. The van der Waals surface area contributed by atoms with Crippen molar-refractivity contribution in [2.75, 3.05) is 27.2 Å². The monoisotopic (exact) mass is 399 g/mol. The first-order valence-electron chi connectivity index (χ1n) is 9.23. The highest BCUT2D eigenvalue weighted by atomic mass is 19.3. The molecule has 152 valence electrons. The molecule has 7 heteroatoms. The standard InChI is InChI=1S/C22H23F2N3O2/c1-4-27(2)15-22(23,24)20-12-11-16(14-26-20)29-21-18(9-7-13-25-21)17-8-5-6-10-19(17)28-3/h5-14H,4,15H2,1-3H3. The molecule has 2 heterocycles. The van der Waals surface area contributed by atoms with E-state index in [1.54, 1.807) is 31.3 Å². The van der Waals surface area contributed by atoms with Crippen molar-refractivity contribution in [3.05, 3.63) is 66.6 Å². The lowest BCUT2D eigenvalue weighted by molar-refractivity contribution is -0.0350. The number of hydrogen-bond acceptors (Lipinski definition) is 5. The third-order valence-corrected chi connectivity index (χ3v) is 4.50. The number of likely N-dealkylation sites (N-methyl/N-ethyl adjacent to an activating group) is 1. The summed E-state index contributed by atoms with van der Waals surface area (Å²) in [5, 5.41) is 0. The van der Waals surface area contributed by atoms with E-state index in [2.05, 4.69) is 9.97 Å². The smallest absolute Gasteiger partial charge is 0.302 e. The molecule has 0 aliphatic heterocycles. The van der Waals surface area contributed by atoms with Crippen molar-refractivity contribution in [2.45, 2.75) is 12.8 Å². The maximum atomic E-state index is 14.3. The molecule has 0 saturated carbocycles. The molecule has 0 atom stereocenters. The highest BCUT2D eigenvalue weighted by Crippen LogP contribution is 2.37. The number of aromatic nitrogens is 2. The molecule has 0 unspecified atom stereocenters. The molecule has 0 saturated heterocycles. The van der Waals surface area contributed by atoms with Gasteiger partial charge < -0.3 is 14.4 Å². The van der Waals surface area contributed by atoms with Crippen LogP contribution >= 0.6 is 0 Å². The minimum Gasteiger partial charge on any atom is -0.496 e. The van der Waals surface area contributed by atoms with Gasteiger partial charge in [0.1, 0.15) is 17.2 Å². The summed E-state index contributed by atoms with van der Waals surface area (Å²) in [6.07, 6.45) is 2.89. The lowest BCUT2D eigenvalue weighted by atomic mass is 10.1. The number of rotatable bonds is 8. The van der Waals surface area contributed by atoms with Crippen LogP contribution in [0.25, 0.3) is 11.1 Å². The summed E-state index contributed by atoms with van der Waals surface area (Å²) in [6.45, 7) is 1.96. The van der Waals surface area contributed by atoms with Crippen molar-refractivity contribution < 1.29 is 18.3 Å². The van der Waals surface area contributed by atoms with Gasteiger partial charge in [-0.15, -0.1) is 0 Å². The molecule has 0 radical (unpaired) electrons. The number of hydrogen-bond donors (Lipinski definition) is 0. The number of ether oxygens (including phenoxy) is 2. The van der Waals surface area contributed by atoms with Gasteiger partial charge >= 0.3 is 5.92 Å². The Labute approximate surface area is 168 Å². The maximum Gasteiger partial charge on any atom is 0.302 e. The highest BCUT2D eigenvalue weighted by molar-refractivity contribution is 5.74. The molecule has 1 aromatic carbocycles. The van der Waals surface area contributed by atoms with E-state index < -0.39 is 12.5 Å². The van der Waals surface area contributed by atoms with E-state index >= 15 is 0 Å². The minimum absolute atomic E-state index is 0.295. The minimum atomic E-state index is -3.04. The van der Waals surface area contributed by atoms with Crippen molar-refractivity contribution in [1.82, 2.24) is 14.9 Å². The molecule has 5 nitrogen and oxygen atoms in total. The Bertz CT molecular complexity index is 949. The first kappa shape index (κ1) is 20.7. The summed E-state index contributed by atoms with van der Waals surface area (Å²) in [5.41, 5.74) is 1.25. The van der Waals surface area contributed by atoms with Crippen LogP contribution in [0, 0.1) is 0 Å². The van der Waals surface area contributed by atoms with Crippen LogP contribution in [-0.4, -0.2) is 42.1 Å². The van der Waals surface area contributed by atoms with E-state index in [-0.39, 0.29) is 5.69 Å². The molecule has 2 aromatic heterocycles. The topological polar surface area (TPSA) is 47.5 Å². The van der Waals surface area contributed by atoms with E-state index in [0.29, 0.717) is 23.9 Å². The predicted molar refractivity (Wildman–Crippen MR) is 108 cm³/mol. The van der Waals surface area contributed by atoms with Crippen LogP contribution in [0.5, 0.6) is 17.4 Å². The third-order valence-electron chi connectivity index (χ3n) is 4.50. The summed E-state index contributed by atoms with van der Waals surface area (Å²) < 4.78 is 40.0. The Morgan fingerprint density at radius 2 is 1.76 bits per heavy atom. The molecule has 0 N–H and O–H groups in total. The van der Waals surface area contributed by atoms with Gasteiger partial charge in [0, 0.05) is 17.3 Å². The summed E-state index contributed by atoms with van der Waals surface area (Å²) in [6, 6.07) is 13.9. The van der Waals surface area contributed by atoms with Crippen LogP contribution in [0.15, 0.2) is 60.9 Å². The van der Waals surface area contributed by atoms with Crippen LogP contribution in [0.2, 0.25) is 0 Å². The van der Waals surface area contributed by atoms with Crippen molar-refractivity contribution in [2.24, 2.45) is 0 Å². The Kier molecular flexibility index (Phi) is 6.39. The third kappa shape index (κ3) is 4.86. The first-order valence-corrected chi connectivity index (χ1v) is 9.23. The van der Waals surface area contributed by atoms with Gasteiger partial charge in [-0.3, -0.25) is 4.98 Å². The zero-order chi connectivity index (χ0) is 20.9. The Hall–Kier alpha value is -3.06. The predicted octanol–water partition coefficient (Wildman–Crippen LogP) is 4.99. The quantitative estimate of drug-likeness (QED) is 0.534. The Morgan fingerprint density at radius 1 is 1.00 bits per heavy atom. The van der Waals surface area contributed by atoms with Gasteiger partial charge in [-0.1, -0.05) is 25.1 Å². The number of methoxy groups -OCH3 is 1. The van der Waals surface area contributed by atoms with Gasteiger partial charge in [0.15, 0.2) is 0 Å². The van der Waals surface area contributed by atoms with Gasteiger partial charge in [-0.2, -0.15) is 8.78 Å². The molecule has 29 heavy (non-hydrogen) atoms. The number of para-hydroxylation sites is 1. The summed E-state index contributed by atoms with van der Waals surface area (Å²) in [7, 11) is 3.24. The van der Waals surface area contributed by atoms with Gasteiger partial charge in [-0.25, -0.2) is 4.98 Å². The van der Waals surface area contributed by atoms with Crippen LogP contribution in [0.4, 0.5) is 8.78 Å². The second-order valence-electron chi connectivity index (χ2n) is 6.57. The normalized spacial score (nSPS) is 11.5. The number of halogens is 2. The average molecular weight is 399 g/mol. The number of alkyl halides is 2.